The number of nitrogens with two attached hydrogens (primary N) is 1. The number of esters is 1. The molecule has 0 aliphatic heterocycles. The number of hydrogen-bond donors (Lipinski definition) is 2. The Morgan fingerprint density at radius 3 is 2.82 bits per heavy atom. The van der Waals surface area contributed by atoms with Crippen molar-refractivity contribution >= 4 is 5.97 Å². The van der Waals surface area contributed by atoms with E-state index in [0.29, 0.717) is 0 Å². The van der Waals surface area contributed by atoms with Gasteiger partial charge in [0.05, 0.1) is 12.6 Å². The third kappa shape index (κ3) is 2.91. The monoisotopic (exact) mass is 245 g/mol. The van der Waals surface area contributed by atoms with Gasteiger partial charge in [-0.3, -0.25) is 0 Å². The van der Waals surface area contributed by atoms with Crippen LogP contribution in [0.5, 0.6) is 5.75 Å². The Bertz CT molecular complexity index is 412. The first-order chi connectivity index (χ1) is 7.99. The van der Waals surface area contributed by atoms with E-state index in [-0.39, 0.29) is 12.2 Å². The van der Waals surface area contributed by atoms with Crippen molar-refractivity contribution in [3.8, 4) is 5.75 Å². The largest absolute Gasteiger partial charge is 0.505 e. The summed E-state index contributed by atoms with van der Waals surface area (Å²) in [7, 11) is 0. The summed E-state index contributed by atoms with van der Waals surface area (Å²) in [5, 5.41) is 9.35. The number of hydrogen-bond acceptors (Lipinski definition) is 4. The van der Waals surface area contributed by atoms with Crippen LogP contribution >= 0.6 is 0 Å². The summed E-state index contributed by atoms with van der Waals surface area (Å²) in [4.78, 5) is 11.1. The number of aromatic hydroxyl groups is 1. The van der Waals surface area contributed by atoms with E-state index >= 15 is 0 Å². The Morgan fingerprint density at radius 1 is 1.59 bits per heavy atom. The normalized spacial score (nSPS) is 14.1. The van der Waals surface area contributed by atoms with Crippen LogP contribution in [0.4, 0.5) is 8.78 Å². The van der Waals surface area contributed by atoms with Gasteiger partial charge in [0.2, 0.25) is 6.17 Å². The van der Waals surface area contributed by atoms with Crippen molar-refractivity contribution in [3.63, 3.8) is 0 Å². The molecule has 17 heavy (non-hydrogen) atoms. The third-order valence-corrected chi connectivity index (χ3v) is 2.20. The number of rotatable bonds is 4. The molecule has 1 unspecified atom stereocenters. The van der Waals surface area contributed by atoms with Gasteiger partial charge in [-0.1, -0.05) is 12.1 Å². The van der Waals surface area contributed by atoms with Crippen molar-refractivity contribution in [1.82, 2.24) is 0 Å². The van der Waals surface area contributed by atoms with Crippen molar-refractivity contribution in [1.29, 1.82) is 0 Å². The molecule has 0 fully saturated rings. The second kappa shape index (κ2) is 5.58. The highest BCUT2D eigenvalue weighted by molar-refractivity contribution is 5.76. The molecule has 1 rings (SSSR count). The maximum Gasteiger partial charge on any atom is 0.342 e. The number of halogens is 2. The highest BCUT2D eigenvalue weighted by atomic mass is 19.1. The minimum absolute atomic E-state index is 0.0150. The number of benzene rings is 1. The lowest BCUT2D eigenvalue weighted by Gasteiger charge is -2.16. The van der Waals surface area contributed by atoms with Crippen LogP contribution in [-0.2, 0) is 9.53 Å². The number of ether oxygens (including phenoxy) is 1. The van der Waals surface area contributed by atoms with Crippen molar-refractivity contribution in [2.45, 2.75) is 19.1 Å². The second-order valence-corrected chi connectivity index (χ2v) is 3.36. The molecule has 0 saturated carbocycles. The Hall–Kier alpha value is -1.69. The lowest BCUT2D eigenvalue weighted by molar-refractivity contribution is -0.149. The molecule has 0 aliphatic carbocycles. The molecule has 0 amide bonds. The number of carbonyl (C=O) groups is 1. The fraction of sp³-hybridized carbons (Fsp3) is 0.364. The predicted octanol–water partition coefficient (Wildman–Crippen LogP) is 1.43. The topological polar surface area (TPSA) is 72.5 Å². The van der Waals surface area contributed by atoms with Crippen molar-refractivity contribution in [2.75, 3.05) is 6.61 Å². The van der Waals surface area contributed by atoms with Crippen LogP contribution in [0.25, 0.3) is 0 Å². The van der Waals surface area contributed by atoms with E-state index in [1.54, 1.807) is 0 Å². The summed E-state index contributed by atoms with van der Waals surface area (Å²) < 4.78 is 31.0. The predicted molar refractivity (Wildman–Crippen MR) is 56.5 cm³/mol. The average Bonchev–Trinajstić information content (AvgIpc) is 2.31. The van der Waals surface area contributed by atoms with Gasteiger partial charge in [0.25, 0.3) is 0 Å². The zero-order valence-electron chi connectivity index (χ0n) is 9.19. The number of para-hydroxylation sites is 1. The highest BCUT2D eigenvalue weighted by Crippen LogP contribution is 2.28. The molecule has 2 atom stereocenters. The van der Waals surface area contributed by atoms with Gasteiger partial charge in [-0.05, 0) is 13.0 Å². The van der Waals surface area contributed by atoms with Crippen LogP contribution in [0, 0.1) is 5.82 Å². The molecule has 6 heteroatoms. The Balaban J connectivity index is 2.92. The molecule has 0 heterocycles. The molecule has 1 aromatic carbocycles. The second-order valence-electron chi connectivity index (χ2n) is 3.36. The molecule has 0 aliphatic rings. The standard InChI is InChI=1S/C11H13F2NO3/c1-2-17-11(16)8(13)9(14)6-4-3-5-7(12)10(6)15/h3-5,8-9,15H,2,14H2,1H3/t8?,9-/m1/s1. The van der Waals surface area contributed by atoms with E-state index < -0.39 is 29.7 Å². The zero-order valence-corrected chi connectivity index (χ0v) is 9.19. The van der Waals surface area contributed by atoms with Gasteiger partial charge < -0.3 is 15.6 Å². The van der Waals surface area contributed by atoms with Gasteiger partial charge in [-0.25, -0.2) is 13.6 Å². The first-order valence-corrected chi connectivity index (χ1v) is 5.02. The Morgan fingerprint density at radius 2 is 2.24 bits per heavy atom. The Kier molecular flexibility index (Phi) is 4.39. The molecule has 0 radical (unpaired) electrons. The summed E-state index contributed by atoms with van der Waals surface area (Å²) >= 11 is 0. The van der Waals surface area contributed by atoms with E-state index in [1.165, 1.54) is 19.1 Å². The summed E-state index contributed by atoms with van der Waals surface area (Å²) in [6, 6.07) is 2.05. The molecule has 0 spiro atoms. The fourth-order valence-corrected chi connectivity index (χ4v) is 1.33. The molecule has 94 valence electrons. The lowest BCUT2D eigenvalue weighted by Crippen LogP contribution is -2.31. The highest BCUT2D eigenvalue weighted by Gasteiger charge is 2.30. The first kappa shape index (κ1) is 13.4. The molecule has 0 saturated heterocycles. The molecule has 1 aromatic rings. The van der Waals surface area contributed by atoms with Crippen molar-refractivity contribution in [2.24, 2.45) is 5.73 Å². The van der Waals surface area contributed by atoms with Gasteiger partial charge in [0, 0.05) is 5.56 Å². The average molecular weight is 245 g/mol. The third-order valence-electron chi connectivity index (χ3n) is 2.20. The quantitative estimate of drug-likeness (QED) is 0.787. The van der Waals surface area contributed by atoms with Crippen LogP contribution in [-0.4, -0.2) is 23.9 Å². The minimum atomic E-state index is -2.15. The molecule has 0 aromatic heterocycles. The summed E-state index contributed by atoms with van der Waals surface area (Å²) in [5.74, 6) is -2.82. The summed E-state index contributed by atoms with van der Waals surface area (Å²) in [6.07, 6.45) is -2.15. The van der Waals surface area contributed by atoms with E-state index in [0.717, 1.165) is 6.07 Å². The van der Waals surface area contributed by atoms with Gasteiger partial charge in [-0.2, -0.15) is 0 Å². The van der Waals surface area contributed by atoms with Crippen LogP contribution in [0.1, 0.15) is 18.5 Å². The summed E-state index contributed by atoms with van der Waals surface area (Å²) in [6.45, 7) is 1.54. The van der Waals surface area contributed by atoms with E-state index in [4.69, 9.17) is 5.73 Å². The van der Waals surface area contributed by atoms with Crippen molar-refractivity contribution in [3.05, 3.63) is 29.6 Å². The van der Waals surface area contributed by atoms with E-state index in [9.17, 15) is 18.7 Å². The minimum Gasteiger partial charge on any atom is -0.505 e. The SMILES string of the molecule is CCOC(=O)C(F)[C@H](N)c1cccc(F)c1O. The number of phenols is 1. The number of carbonyl (C=O) groups excluding carboxylic acids is 1. The van der Waals surface area contributed by atoms with Crippen LogP contribution < -0.4 is 5.73 Å². The van der Waals surface area contributed by atoms with E-state index in [2.05, 4.69) is 4.74 Å². The maximum atomic E-state index is 13.5. The maximum absolute atomic E-state index is 13.5. The first-order valence-electron chi connectivity index (χ1n) is 5.02. The van der Waals surface area contributed by atoms with Crippen LogP contribution in [0.3, 0.4) is 0 Å². The fourth-order valence-electron chi connectivity index (χ4n) is 1.33. The molecule has 0 bridgehead atoms. The summed E-state index contributed by atoms with van der Waals surface area (Å²) in [5.41, 5.74) is 5.26. The van der Waals surface area contributed by atoms with Gasteiger partial charge in [0.1, 0.15) is 0 Å². The number of alkyl halides is 1. The van der Waals surface area contributed by atoms with Crippen LogP contribution in [0.2, 0.25) is 0 Å². The molecular formula is C11H13F2NO3. The smallest absolute Gasteiger partial charge is 0.342 e. The van der Waals surface area contributed by atoms with Gasteiger partial charge in [0.15, 0.2) is 11.6 Å². The van der Waals surface area contributed by atoms with Crippen molar-refractivity contribution < 1.29 is 23.4 Å². The van der Waals surface area contributed by atoms with Crippen LogP contribution in [0.15, 0.2) is 18.2 Å². The molecular weight excluding hydrogens is 232 g/mol. The van der Waals surface area contributed by atoms with Gasteiger partial charge in [-0.15, -0.1) is 0 Å². The number of phenolic OH excluding ortho intramolecular Hbond substituents is 1. The molecule has 4 nitrogen and oxygen atoms in total. The Labute approximate surface area is 97.0 Å². The zero-order chi connectivity index (χ0) is 13.0. The van der Waals surface area contributed by atoms with Gasteiger partial charge >= 0.3 is 5.97 Å². The van der Waals surface area contributed by atoms with E-state index in [1.807, 2.05) is 0 Å². The lowest BCUT2D eigenvalue weighted by atomic mass is 10.0. The molecule has 3 N–H and O–H groups in total.